The first kappa shape index (κ1) is 19.5. The molecule has 0 radical (unpaired) electrons. The van der Waals surface area contributed by atoms with Crippen molar-refractivity contribution in [2.24, 2.45) is 5.10 Å². The Balaban J connectivity index is 2.69. The molecule has 7 heteroatoms. The van der Waals surface area contributed by atoms with Crippen LogP contribution in [0.15, 0.2) is 23.3 Å². The summed E-state index contributed by atoms with van der Waals surface area (Å²) in [6.45, 7) is 5.61. The normalized spacial score (nSPS) is 12.3. The maximum absolute atomic E-state index is 12.2. The summed E-state index contributed by atoms with van der Waals surface area (Å²) in [5.74, 6) is 0.428. The fourth-order valence-electron chi connectivity index (χ4n) is 1.89. The second-order valence-electron chi connectivity index (χ2n) is 5.41. The van der Waals surface area contributed by atoms with E-state index in [9.17, 15) is 9.59 Å². The highest BCUT2D eigenvalue weighted by molar-refractivity contribution is 6.01. The van der Waals surface area contributed by atoms with Crippen LogP contribution in [-0.4, -0.2) is 37.8 Å². The van der Waals surface area contributed by atoms with Crippen LogP contribution < -0.4 is 20.2 Å². The Hall–Kier alpha value is -2.57. The molecule has 1 atom stereocenters. The molecule has 1 unspecified atom stereocenters. The van der Waals surface area contributed by atoms with Gasteiger partial charge in [0.15, 0.2) is 0 Å². The molecule has 0 saturated carbocycles. The predicted molar refractivity (Wildman–Crippen MR) is 92.6 cm³/mol. The van der Waals surface area contributed by atoms with Gasteiger partial charge in [-0.1, -0.05) is 6.92 Å². The number of rotatable bonds is 8. The van der Waals surface area contributed by atoms with Gasteiger partial charge in [0, 0.05) is 17.8 Å². The molecule has 0 spiro atoms. The SMILES string of the molecule is CCC(C)NC(=O)C/C(C)=N/NC(=O)c1ccc(OC)cc1OC. The molecule has 24 heavy (non-hydrogen) atoms. The summed E-state index contributed by atoms with van der Waals surface area (Å²) < 4.78 is 10.3. The Morgan fingerprint density at radius 3 is 2.54 bits per heavy atom. The molecule has 132 valence electrons. The molecule has 0 aliphatic carbocycles. The fourth-order valence-corrected chi connectivity index (χ4v) is 1.89. The van der Waals surface area contributed by atoms with Gasteiger partial charge >= 0.3 is 0 Å². The Morgan fingerprint density at radius 1 is 1.25 bits per heavy atom. The molecular formula is C17H25N3O4. The summed E-state index contributed by atoms with van der Waals surface area (Å²) in [6, 6.07) is 4.98. The summed E-state index contributed by atoms with van der Waals surface area (Å²) in [7, 11) is 3.01. The lowest BCUT2D eigenvalue weighted by Gasteiger charge is -2.11. The molecule has 0 aliphatic heterocycles. The summed E-state index contributed by atoms with van der Waals surface area (Å²) >= 11 is 0. The zero-order valence-electron chi connectivity index (χ0n) is 14.8. The highest BCUT2D eigenvalue weighted by atomic mass is 16.5. The van der Waals surface area contributed by atoms with Gasteiger partial charge in [-0.15, -0.1) is 0 Å². The third-order valence-electron chi connectivity index (χ3n) is 3.44. The summed E-state index contributed by atoms with van der Waals surface area (Å²) in [4.78, 5) is 24.0. The Morgan fingerprint density at radius 2 is 1.96 bits per heavy atom. The number of carbonyl (C=O) groups is 2. The molecule has 0 heterocycles. The predicted octanol–water partition coefficient (Wildman–Crippen LogP) is 2.11. The molecule has 2 N–H and O–H groups in total. The first-order valence-corrected chi connectivity index (χ1v) is 7.76. The summed E-state index contributed by atoms with van der Waals surface area (Å²) in [5.41, 5.74) is 3.27. The highest BCUT2D eigenvalue weighted by Crippen LogP contribution is 2.24. The van der Waals surface area contributed by atoms with Gasteiger partial charge in [0.1, 0.15) is 11.5 Å². The van der Waals surface area contributed by atoms with Crippen molar-refractivity contribution in [3.05, 3.63) is 23.8 Å². The topological polar surface area (TPSA) is 89.0 Å². The number of methoxy groups -OCH3 is 2. The number of amides is 2. The Bertz CT molecular complexity index is 614. The van der Waals surface area contributed by atoms with Crippen LogP contribution in [-0.2, 0) is 4.79 Å². The minimum absolute atomic E-state index is 0.114. The molecule has 1 aromatic rings. The molecule has 1 aromatic carbocycles. The van der Waals surface area contributed by atoms with E-state index in [0.717, 1.165) is 6.42 Å². The van der Waals surface area contributed by atoms with Crippen LogP contribution in [0.2, 0.25) is 0 Å². The lowest BCUT2D eigenvalue weighted by Crippen LogP contribution is -2.33. The quantitative estimate of drug-likeness (QED) is 0.562. The van der Waals surface area contributed by atoms with Crippen molar-refractivity contribution in [1.29, 1.82) is 0 Å². The van der Waals surface area contributed by atoms with Gasteiger partial charge in [0.05, 0.1) is 26.2 Å². The second kappa shape index (κ2) is 9.54. The average molecular weight is 335 g/mol. The standard InChI is InChI=1S/C17H25N3O4/c1-6-11(2)18-16(21)9-12(3)19-20-17(22)14-8-7-13(23-4)10-15(14)24-5/h7-8,10-11H,6,9H2,1-5H3,(H,18,21)(H,20,22)/b19-12+. The average Bonchev–Trinajstić information content (AvgIpc) is 2.58. The molecule has 2 amide bonds. The molecular weight excluding hydrogens is 310 g/mol. The minimum atomic E-state index is -0.420. The number of nitrogens with zero attached hydrogens (tertiary/aromatic N) is 1. The van der Waals surface area contributed by atoms with Crippen LogP contribution in [0.5, 0.6) is 11.5 Å². The number of nitrogens with one attached hydrogen (secondary N) is 2. The number of benzene rings is 1. The first-order valence-electron chi connectivity index (χ1n) is 7.76. The van der Waals surface area contributed by atoms with Crippen LogP contribution in [0, 0.1) is 0 Å². The maximum Gasteiger partial charge on any atom is 0.275 e. The van der Waals surface area contributed by atoms with Crippen molar-refractivity contribution >= 4 is 17.5 Å². The molecule has 0 saturated heterocycles. The van der Waals surface area contributed by atoms with E-state index in [1.54, 1.807) is 25.1 Å². The van der Waals surface area contributed by atoms with Crippen LogP contribution >= 0.6 is 0 Å². The number of hydrogen-bond acceptors (Lipinski definition) is 5. The van der Waals surface area contributed by atoms with E-state index in [4.69, 9.17) is 9.47 Å². The molecule has 1 rings (SSSR count). The number of hydrazone groups is 1. The van der Waals surface area contributed by atoms with E-state index in [1.165, 1.54) is 14.2 Å². The number of carbonyl (C=O) groups excluding carboxylic acids is 2. The summed E-state index contributed by atoms with van der Waals surface area (Å²) in [5, 5.41) is 6.81. The van der Waals surface area contributed by atoms with E-state index in [1.807, 2.05) is 13.8 Å². The first-order chi connectivity index (χ1) is 11.4. The zero-order chi connectivity index (χ0) is 18.1. The largest absolute Gasteiger partial charge is 0.497 e. The minimum Gasteiger partial charge on any atom is -0.497 e. The van der Waals surface area contributed by atoms with Gasteiger partial charge < -0.3 is 14.8 Å². The van der Waals surface area contributed by atoms with Crippen molar-refractivity contribution in [2.75, 3.05) is 14.2 Å². The third kappa shape index (κ3) is 5.91. The van der Waals surface area contributed by atoms with Gasteiger partial charge in [0.2, 0.25) is 5.91 Å². The van der Waals surface area contributed by atoms with E-state index < -0.39 is 5.91 Å². The van der Waals surface area contributed by atoms with Crippen molar-refractivity contribution < 1.29 is 19.1 Å². The van der Waals surface area contributed by atoms with Gasteiger partial charge in [-0.2, -0.15) is 5.10 Å². The van der Waals surface area contributed by atoms with Gasteiger partial charge in [-0.25, -0.2) is 5.43 Å². The summed E-state index contributed by atoms with van der Waals surface area (Å²) in [6.07, 6.45) is 0.986. The lowest BCUT2D eigenvalue weighted by atomic mass is 10.2. The number of ether oxygens (including phenoxy) is 2. The van der Waals surface area contributed by atoms with Gasteiger partial charge in [0.25, 0.3) is 5.91 Å². The smallest absolute Gasteiger partial charge is 0.275 e. The van der Waals surface area contributed by atoms with Gasteiger partial charge in [-0.05, 0) is 32.4 Å². The lowest BCUT2D eigenvalue weighted by molar-refractivity contribution is -0.120. The van der Waals surface area contributed by atoms with Crippen molar-refractivity contribution in [3.8, 4) is 11.5 Å². The van der Waals surface area contributed by atoms with E-state index in [-0.39, 0.29) is 18.4 Å². The van der Waals surface area contributed by atoms with Gasteiger partial charge in [-0.3, -0.25) is 9.59 Å². The van der Waals surface area contributed by atoms with Crippen LogP contribution in [0.4, 0.5) is 0 Å². The van der Waals surface area contributed by atoms with Crippen LogP contribution in [0.25, 0.3) is 0 Å². The van der Waals surface area contributed by atoms with Crippen molar-refractivity contribution in [3.63, 3.8) is 0 Å². The van der Waals surface area contributed by atoms with Crippen molar-refractivity contribution in [1.82, 2.24) is 10.7 Å². The Labute approximate surface area is 142 Å². The highest BCUT2D eigenvalue weighted by Gasteiger charge is 2.13. The van der Waals surface area contributed by atoms with Crippen LogP contribution in [0.3, 0.4) is 0 Å². The molecule has 0 fully saturated rings. The third-order valence-corrected chi connectivity index (χ3v) is 3.44. The van der Waals surface area contributed by atoms with E-state index in [0.29, 0.717) is 22.8 Å². The molecule has 0 bridgehead atoms. The zero-order valence-corrected chi connectivity index (χ0v) is 14.8. The molecule has 7 nitrogen and oxygen atoms in total. The fraction of sp³-hybridized carbons (Fsp3) is 0.471. The van der Waals surface area contributed by atoms with E-state index >= 15 is 0 Å². The van der Waals surface area contributed by atoms with E-state index in [2.05, 4.69) is 15.8 Å². The monoisotopic (exact) mass is 335 g/mol. The Kier molecular flexibility index (Phi) is 7.74. The number of hydrogen-bond donors (Lipinski definition) is 2. The maximum atomic E-state index is 12.2. The molecule has 0 aliphatic rings. The van der Waals surface area contributed by atoms with Crippen LogP contribution in [0.1, 0.15) is 44.0 Å². The second-order valence-corrected chi connectivity index (χ2v) is 5.41. The molecule has 0 aromatic heterocycles. The van der Waals surface area contributed by atoms with Crippen molar-refractivity contribution in [2.45, 2.75) is 39.7 Å².